The van der Waals surface area contributed by atoms with Crippen LogP contribution in [0.25, 0.3) is 21.1 Å². The monoisotopic (exact) mass is 384 g/mol. The number of aromatic nitrogens is 3. The summed E-state index contributed by atoms with van der Waals surface area (Å²) in [5.41, 5.74) is 2.46. The predicted molar refractivity (Wildman–Crippen MR) is 103 cm³/mol. The molecule has 0 unspecified atom stereocenters. The Kier molecular flexibility index (Phi) is 4.39. The molecule has 124 valence electrons. The van der Waals surface area contributed by atoms with Crippen LogP contribution < -0.4 is 5.32 Å². The van der Waals surface area contributed by atoms with Crippen molar-refractivity contribution in [2.45, 2.75) is 6.92 Å². The lowest BCUT2D eigenvalue weighted by atomic mass is 10.2. The fourth-order valence-electron chi connectivity index (χ4n) is 2.24. The van der Waals surface area contributed by atoms with Crippen LogP contribution in [0.5, 0.6) is 0 Å². The van der Waals surface area contributed by atoms with E-state index < -0.39 is 0 Å². The van der Waals surface area contributed by atoms with E-state index in [-0.39, 0.29) is 5.91 Å². The first-order valence-corrected chi connectivity index (χ1v) is 9.97. The topological polar surface area (TPSA) is 67.8 Å². The van der Waals surface area contributed by atoms with E-state index in [1.54, 1.807) is 23.7 Å². The molecule has 0 radical (unpaired) electrons. The summed E-state index contributed by atoms with van der Waals surface area (Å²) in [6, 6.07) is 7.78. The molecule has 4 aromatic rings. The first-order chi connectivity index (χ1) is 12.2. The molecule has 0 spiro atoms. The fourth-order valence-corrected chi connectivity index (χ4v) is 4.72. The maximum absolute atomic E-state index is 12.6. The Labute approximate surface area is 156 Å². The van der Waals surface area contributed by atoms with Crippen LogP contribution in [-0.2, 0) is 0 Å². The number of hydrogen-bond donors (Lipinski definition) is 1. The van der Waals surface area contributed by atoms with Crippen molar-refractivity contribution in [1.29, 1.82) is 0 Å². The van der Waals surface area contributed by atoms with E-state index in [0.717, 1.165) is 26.8 Å². The number of thiophene rings is 1. The fraction of sp³-hybridized carbons (Fsp3) is 0.0588. The third-order valence-electron chi connectivity index (χ3n) is 3.42. The molecule has 0 aromatic carbocycles. The molecule has 8 heteroatoms. The second-order valence-electron chi connectivity index (χ2n) is 5.14. The van der Waals surface area contributed by atoms with Crippen LogP contribution in [0, 0.1) is 6.92 Å². The lowest BCUT2D eigenvalue weighted by Gasteiger charge is -1.99. The van der Waals surface area contributed by atoms with Crippen molar-refractivity contribution < 1.29 is 4.79 Å². The third kappa shape index (κ3) is 3.37. The molecule has 0 bridgehead atoms. The molecule has 0 aliphatic heterocycles. The summed E-state index contributed by atoms with van der Waals surface area (Å²) < 4.78 is 0. The number of carbonyl (C=O) groups is 1. The molecule has 0 saturated heterocycles. The molecule has 1 amide bonds. The SMILES string of the molecule is Cc1nc(-c2cccs2)sc1C(=O)Nc1nc(-c2cccnc2)cs1. The maximum Gasteiger partial charge on any atom is 0.269 e. The first-order valence-electron chi connectivity index (χ1n) is 7.39. The molecule has 1 N–H and O–H groups in total. The van der Waals surface area contributed by atoms with Crippen LogP contribution in [0.1, 0.15) is 15.4 Å². The number of hydrogen-bond acceptors (Lipinski definition) is 7. The second-order valence-corrected chi connectivity index (χ2v) is 7.95. The Morgan fingerprint density at radius 2 is 2.08 bits per heavy atom. The molecule has 4 aromatic heterocycles. The van der Waals surface area contributed by atoms with E-state index in [9.17, 15) is 4.79 Å². The smallest absolute Gasteiger partial charge is 0.269 e. The number of rotatable bonds is 4. The molecule has 0 saturated carbocycles. The average molecular weight is 385 g/mol. The molecular formula is C17H12N4OS3. The van der Waals surface area contributed by atoms with Crippen molar-refractivity contribution in [3.8, 4) is 21.1 Å². The van der Waals surface area contributed by atoms with Gasteiger partial charge in [-0.1, -0.05) is 6.07 Å². The van der Waals surface area contributed by atoms with Gasteiger partial charge in [-0.3, -0.25) is 15.1 Å². The number of thiazole rings is 2. The van der Waals surface area contributed by atoms with Crippen molar-refractivity contribution in [3.63, 3.8) is 0 Å². The molecular weight excluding hydrogens is 372 g/mol. The minimum absolute atomic E-state index is 0.176. The number of aryl methyl sites for hydroxylation is 1. The van der Waals surface area contributed by atoms with Gasteiger partial charge in [0.25, 0.3) is 5.91 Å². The lowest BCUT2D eigenvalue weighted by Crippen LogP contribution is -2.11. The normalized spacial score (nSPS) is 10.8. The van der Waals surface area contributed by atoms with Crippen molar-refractivity contribution in [3.05, 3.63) is 58.0 Å². The number of anilines is 1. The van der Waals surface area contributed by atoms with Crippen molar-refractivity contribution in [2.24, 2.45) is 0 Å². The molecule has 4 heterocycles. The van der Waals surface area contributed by atoms with Gasteiger partial charge in [0.1, 0.15) is 9.88 Å². The Morgan fingerprint density at radius 3 is 2.84 bits per heavy atom. The summed E-state index contributed by atoms with van der Waals surface area (Å²) in [5.74, 6) is -0.176. The van der Waals surface area contributed by atoms with Gasteiger partial charge in [0.05, 0.1) is 16.3 Å². The van der Waals surface area contributed by atoms with Gasteiger partial charge in [-0.25, -0.2) is 9.97 Å². The van der Waals surface area contributed by atoms with Gasteiger partial charge < -0.3 is 0 Å². The van der Waals surface area contributed by atoms with Crippen LogP contribution >= 0.6 is 34.0 Å². The Morgan fingerprint density at radius 1 is 1.16 bits per heavy atom. The van der Waals surface area contributed by atoms with Crippen LogP contribution in [0.2, 0.25) is 0 Å². The standard InChI is InChI=1S/C17H12N4OS3/c1-10-14(25-16(19-10)13-5-3-7-23-13)15(22)21-17-20-12(9-24-17)11-4-2-6-18-8-11/h2-9H,1H3,(H,20,21,22). The second kappa shape index (κ2) is 6.83. The van der Waals surface area contributed by atoms with Gasteiger partial charge in [-0.15, -0.1) is 34.0 Å². The van der Waals surface area contributed by atoms with Crippen molar-refractivity contribution >= 4 is 45.0 Å². The molecule has 0 atom stereocenters. The van der Waals surface area contributed by atoms with Gasteiger partial charge in [0.2, 0.25) is 0 Å². The number of carbonyl (C=O) groups excluding carboxylic acids is 1. The lowest BCUT2D eigenvalue weighted by molar-refractivity contribution is 0.103. The average Bonchev–Trinajstić information content (AvgIpc) is 3.35. The van der Waals surface area contributed by atoms with Crippen LogP contribution in [0.15, 0.2) is 47.4 Å². The van der Waals surface area contributed by atoms with E-state index in [1.807, 2.05) is 41.9 Å². The van der Waals surface area contributed by atoms with E-state index in [4.69, 9.17) is 0 Å². The highest BCUT2D eigenvalue weighted by molar-refractivity contribution is 7.22. The molecule has 25 heavy (non-hydrogen) atoms. The highest BCUT2D eigenvalue weighted by atomic mass is 32.1. The zero-order valence-corrected chi connectivity index (χ0v) is 15.5. The Hall–Kier alpha value is -2.42. The zero-order valence-electron chi connectivity index (χ0n) is 13.1. The van der Waals surface area contributed by atoms with Gasteiger partial charge in [0.15, 0.2) is 5.13 Å². The van der Waals surface area contributed by atoms with Gasteiger partial charge >= 0.3 is 0 Å². The van der Waals surface area contributed by atoms with Crippen molar-refractivity contribution in [1.82, 2.24) is 15.0 Å². The zero-order chi connectivity index (χ0) is 17.2. The van der Waals surface area contributed by atoms with Gasteiger partial charge in [-0.05, 0) is 30.5 Å². The quantitative estimate of drug-likeness (QED) is 0.540. The largest absolute Gasteiger partial charge is 0.297 e. The Bertz CT molecular complexity index is 1010. The minimum atomic E-state index is -0.176. The van der Waals surface area contributed by atoms with Crippen molar-refractivity contribution in [2.75, 3.05) is 5.32 Å². The van der Waals surface area contributed by atoms with E-state index in [1.165, 1.54) is 22.7 Å². The van der Waals surface area contributed by atoms with Crippen LogP contribution in [0.3, 0.4) is 0 Å². The third-order valence-corrected chi connectivity index (χ3v) is 6.37. The van der Waals surface area contributed by atoms with Gasteiger partial charge in [0, 0.05) is 23.3 Å². The predicted octanol–water partition coefficient (Wildman–Crippen LogP) is 4.95. The number of amides is 1. The summed E-state index contributed by atoms with van der Waals surface area (Å²) in [6.07, 6.45) is 3.47. The highest BCUT2D eigenvalue weighted by Gasteiger charge is 2.18. The van der Waals surface area contributed by atoms with E-state index >= 15 is 0 Å². The number of nitrogens with one attached hydrogen (secondary N) is 1. The number of nitrogens with zero attached hydrogens (tertiary/aromatic N) is 3. The molecule has 5 nitrogen and oxygen atoms in total. The summed E-state index contributed by atoms with van der Waals surface area (Å²) in [7, 11) is 0. The molecule has 0 aliphatic carbocycles. The summed E-state index contributed by atoms with van der Waals surface area (Å²) >= 11 is 4.41. The minimum Gasteiger partial charge on any atom is -0.297 e. The summed E-state index contributed by atoms with van der Waals surface area (Å²) in [5, 5.41) is 8.21. The Balaban J connectivity index is 1.54. The first kappa shape index (κ1) is 16.1. The van der Waals surface area contributed by atoms with Crippen LogP contribution in [-0.4, -0.2) is 20.9 Å². The highest BCUT2D eigenvalue weighted by Crippen LogP contribution is 2.32. The van der Waals surface area contributed by atoms with Gasteiger partial charge in [-0.2, -0.15) is 0 Å². The van der Waals surface area contributed by atoms with E-state index in [0.29, 0.717) is 10.0 Å². The van der Waals surface area contributed by atoms with Crippen LogP contribution in [0.4, 0.5) is 5.13 Å². The molecule has 0 fully saturated rings. The molecule has 0 aliphatic rings. The molecule has 4 rings (SSSR count). The maximum atomic E-state index is 12.6. The summed E-state index contributed by atoms with van der Waals surface area (Å²) in [4.78, 5) is 27.3. The number of pyridine rings is 1. The van der Waals surface area contributed by atoms with E-state index in [2.05, 4.69) is 20.3 Å². The summed E-state index contributed by atoms with van der Waals surface area (Å²) in [6.45, 7) is 1.85.